The van der Waals surface area contributed by atoms with Gasteiger partial charge in [-0.05, 0) is 0 Å². The van der Waals surface area contributed by atoms with Crippen LogP contribution in [-0.2, 0) is 6.42 Å². The van der Waals surface area contributed by atoms with Crippen LogP contribution in [0.25, 0.3) is 11.4 Å². The number of aliphatic hydroxyl groups excluding tert-OH is 1. The molecular formula is C15H18BN3O2. The summed E-state index contributed by atoms with van der Waals surface area (Å²) in [4.78, 5) is 6.37. The van der Waals surface area contributed by atoms with Gasteiger partial charge in [0.1, 0.15) is 0 Å². The summed E-state index contributed by atoms with van der Waals surface area (Å²) in [7, 11) is 3.57. The second-order valence-corrected chi connectivity index (χ2v) is 5.43. The molecule has 2 heterocycles. The van der Waals surface area contributed by atoms with Crippen LogP contribution in [-0.4, -0.2) is 46.5 Å². The summed E-state index contributed by atoms with van der Waals surface area (Å²) in [6.45, 7) is 1.67. The van der Waals surface area contributed by atoms with Crippen molar-refractivity contribution in [3.05, 3.63) is 36.2 Å². The summed E-state index contributed by atoms with van der Waals surface area (Å²) in [5, 5.41) is 13.4. The van der Waals surface area contributed by atoms with Crippen molar-refractivity contribution in [1.82, 2.24) is 15.0 Å². The van der Waals surface area contributed by atoms with E-state index in [1.54, 1.807) is 0 Å². The number of aliphatic hydroxyl groups is 1. The van der Waals surface area contributed by atoms with Gasteiger partial charge < -0.3 is 0 Å². The summed E-state index contributed by atoms with van der Waals surface area (Å²) < 4.78 is 5.35. The van der Waals surface area contributed by atoms with Crippen molar-refractivity contribution in [3.8, 4) is 11.4 Å². The Morgan fingerprint density at radius 1 is 1.29 bits per heavy atom. The number of aromatic nitrogens is 2. The standard InChI is InChI=1S/C15H18BN3O2/c16-15(20)19-8-6-11(7-9-19)10-13-17-14(18-21-13)12-4-2-1-3-5-12/h1-5,11,16,20H,6-10H2. The predicted molar refractivity (Wildman–Crippen MR) is 81.8 cm³/mol. The number of nitrogens with zero attached hydrogens (tertiary/aromatic N) is 3. The molecule has 5 nitrogen and oxygen atoms in total. The molecule has 6 heteroatoms. The number of benzene rings is 1. The molecule has 0 radical (unpaired) electrons. The molecule has 0 saturated carbocycles. The number of hydrogen-bond acceptors (Lipinski definition) is 5. The third kappa shape index (κ3) is 3.32. The monoisotopic (exact) mass is 283 g/mol. The van der Waals surface area contributed by atoms with Crippen LogP contribution in [0.4, 0.5) is 0 Å². The molecule has 2 aromatic rings. The minimum atomic E-state index is 0.164. The van der Waals surface area contributed by atoms with Gasteiger partial charge in [-0.3, -0.25) is 0 Å². The first-order chi connectivity index (χ1) is 10.2. The Labute approximate surface area is 124 Å². The van der Waals surface area contributed by atoms with Crippen molar-refractivity contribution in [2.75, 3.05) is 13.1 Å². The van der Waals surface area contributed by atoms with E-state index >= 15 is 0 Å². The van der Waals surface area contributed by atoms with Gasteiger partial charge in [0.25, 0.3) is 0 Å². The van der Waals surface area contributed by atoms with E-state index < -0.39 is 0 Å². The fourth-order valence-corrected chi connectivity index (χ4v) is 2.68. The number of hydrogen-bond donors (Lipinski definition) is 1. The van der Waals surface area contributed by atoms with E-state index in [1.807, 2.05) is 35.2 Å². The molecule has 1 saturated heterocycles. The van der Waals surface area contributed by atoms with Crippen LogP contribution in [0.5, 0.6) is 0 Å². The Morgan fingerprint density at radius 2 is 2.00 bits per heavy atom. The second kappa shape index (κ2) is 6.12. The molecule has 0 amide bonds. The Morgan fingerprint density at radius 3 is 2.67 bits per heavy atom. The molecule has 0 atom stereocenters. The predicted octanol–water partition coefficient (Wildman–Crippen LogP) is 1.35. The average Bonchev–Trinajstić information content (AvgIpc) is 2.97. The van der Waals surface area contributed by atoms with Gasteiger partial charge in [-0.15, -0.1) is 0 Å². The van der Waals surface area contributed by atoms with E-state index in [4.69, 9.17) is 4.52 Å². The third-order valence-corrected chi connectivity index (χ3v) is 3.94. The van der Waals surface area contributed by atoms with E-state index in [2.05, 4.69) is 17.6 Å². The van der Waals surface area contributed by atoms with Crippen molar-refractivity contribution in [2.24, 2.45) is 5.92 Å². The molecule has 21 heavy (non-hydrogen) atoms. The van der Waals surface area contributed by atoms with Crippen molar-refractivity contribution in [3.63, 3.8) is 0 Å². The zero-order valence-corrected chi connectivity index (χ0v) is 11.9. The fraction of sp³-hybridized carbons (Fsp3) is 0.400. The van der Waals surface area contributed by atoms with Gasteiger partial charge in [0.15, 0.2) is 0 Å². The molecule has 1 aliphatic rings. The molecule has 0 aliphatic carbocycles. The molecule has 3 rings (SSSR count). The maximum atomic E-state index is 9.37. The number of rotatable bonds is 4. The van der Waals surface area contributed by atoms with Crippen LogP contribution in [0.15, 0.2) is 34.9 Å². The second-order valence-electron chi connectivity index (χ2n) is 5.43. The molecule has 1 aromatic carbocycles. The van der Waals surface area contributed by atoms with Crippen LogP contribution in [0.2, 0.25) is 0 Å². The van der Waals surface area contributed by atoms with E-state index in [-0.39, 0.29) is 5.77 Å². The SMILES string of the molecule is B=C(O)N1CCC(Cc2nc(-c3ccccc3)no2)CC1. The molecule has 1 aliphatic heterocycles. The van der Waals surface area contributed by atoms with E-state index in [1.165, 1.54) is 0 Å². The van der Waals surface area contributed by atoms with E-state index in [9.17, 15) is 5.11 Å². The first kappa shape index (κ1) is 13.9. The minimum absolute atomic E-state index is 0.164. The number of piperidine rings is 1. The Bertz CT molecular complexity index is 606. The van der Waals surface area contributed by atoms with Crippen LogP contribution in [0, 0.1) is 5.92 Å². The summed E-state index contributed by atoms with van der Waals surface area (Å²) in [5.41, 5.74) is 0.971. The van der Waals surface area contributed by atoms with Crippen molar-refractivity contribution in [2.45, 2.75) is 19.3 Å². The Hall–Kier alpha value is -2.11. The van der Waals surface area contributed by atoms with Crippen LogP contribution < -0.4 is 0 Å². The summed E-state index contributed by atoms with van der Waals surface area (Å²) in [6, 6.07) is 9.83. The normalized spacial score (nSPS) is 16.0. The average molecular weight is 283 g/mol. The van der Waals surface area contributed by atoms with Crippen LogP contribution in [0.1, 0.15) is 18.7 Å². The van der Waals surface area contributed by atoms with Gasteiger partial charge in [-0.1, -0.05) is 6.07 Å². The van der Waals surface area contributed by atoms with Gasteiger partial charge in [0.2, 0.25) is 0 Å². The van der Waals surface area contributed by atoms with Crippen molar-refractivity contribution in [1.29, 1.82) is 0 Å². The fourth-order valence-electron chi connectivity index (χ4n) is 2.68. The summed E-state index contributed by atoms with van der Waals surface area (Å²) >= 11 is 0. The molecule has 1 fully saturated rings. The molecule has 0 unspecified atom stereocenters. The van der Waals surface area contributed by atoms with Gasteiger partial charge in [0, 0.05) is 0 Å². The van der Waals surface area contributed by atoms with Gasteiger partial charge >= 0.3 is 118 Å². The molecule has 0 bridgehead atoms. The molecule has 108 valence electrons. The van der Waals surface area contributed by atoms with Gasteiger partial charge in [-0.25, -0.2) is 0 Å². The van der Waals surface area contributed by atoms with Gasteiger partial charge in [-0.2, -0.15) is 0 Å². The summed E-state index contributed by atoms with van der Waals surface area (Å²) in [5.74, 6) is 2.02. The Kier molecular flexibility index (Phi) is 4.04. The molecule has 1 aromatic heterocycles. The summed E-state index contributed by atoms with van der Waals surface area (Å²) in [6.07, 6.45) is 2.80. The van der Waals surface area contributed by atoms with Crippen LogP contribution >= 0.6 is 0 Å². The van der Waals surface area contributed by atoms with E-state index in [0.717, 1.165) is 37.9 Å². The zero-order valence-electron chi connectivity index (χ0n) is 11.9. The first-order valence-corrected chi connectivity index (χ1v) is 7.23. The third-order valence-electron chi connectivity index (χ3n) is 3.94. The maximum absolute atomic E-state index is 9.37. The van der Waals surface area contributed by atoms with Crippen molar-refractivity contribution < 1.29 is 9.63 Å². The molecule has 0 spiro atoms. The van der Waals surface area contributed by atoms with Gasteiger partial charge in [0.05, 0.1) is 0 Å². The number of likely N-dealkylation sites (tertiary alicyclic amines) is 1. The first-order valence-electron chi connectivity index (χ1n) is 7.23. The van der Waals surface area contributed by atoms with E-state index in [0.29, 0.717) is 17.6 Å². The molecule has 1 N–H and O–H groups in total. The Balaban J connectivity index is 1.60. The van der Waals surface area contributed by atoms with Crippen molar-refractivity contribution >= 4 is 13.3 Å². The molecular weight excluding hydrogens is 265 g/mol. The zero-order chi connectivity index (χ0) is 14.7. The van der Waals surface area contributed by atoms with Crippen LogP contribution in [0.3, 0.4) is 0 Å². The quantitative estimate of drug-likeness (QED) is 0.858. The topological polar surface area (TPSA) is 62.4 Å².